The second-order valence-electron chi connectivity index (χ2n) is 5.93. The van der Waals surface area contributed by atoms with E-state index in [1.54, 1.807) is 12.6 Å². The Hall–Kier alpha value is -2.61. The lowest BCUT2D eigenvalue weighted by Crippen LogP contribution is -2.42. The van der Waals surface area contributed by atoms with Gasteiger partial charge in [0, 0.05) is 33.7 Å². The van der Waals surface area contributed by atoms with Crippen LogP contribution in [-0.2, 0) is 6.54 Å². The van der Waals surface area contributed by atoms with Crippen LogP contribution in [0.1, 0.15) is 27.9 Å². The highest BCUT2D eigenvalue weighted by atomic mass is 32.1. The Balaban J connectivity index is 1.77. The van der Waals surface area contributed by atoms with E-state index in [0.717, 1.165) is 29.5 Å². The number of carbonyl (C=O) groups excluding carboxylic acids is 1. The van der Waals surface area contributed by atoms with Crippen LogP contribution in [0, 0.1) is 6.92 Å². The molecule has 0 unspecified atom stereocenters. The van der Waals surface area contributed by atoms with Gasteiger partial charge in [0.25, 0.3) is 5.91 Å². The van der Waals surface area contributed by atoms with Crippen LogP contribution in [0.5, 0.6) is 5.75 Å². The average molecular weight is 390 g/mol. The smallest absolute Gasteiger partial charge is 0.263 e. The van der Waals surface area contributed by atoms with Gasteiger partial charge in [-0.3, -0.25) is 9.79 Å². The molecule has 1 aromatic carbocycles. The first-order valence-corrected chi connectivity index (χ1v) is 9.75. The van der Waals surface area contributed by atoms with E-state index in [1.165, 1.54) is 11.3 Å². The van der Waals surface area contributed by atoms with E-state index in [-0.39, 0.29) is 5.91 Å². The van der Waals surface area contributed by atoms with E-state index in [1.807, 2.05) is 50.1 Å². The third kappa shape index (κ3) is 6.25. The minimum atomic E-state index is -0.0884. The molecule has 0 spiro atoms. The SMILES string of the molecule is CCOc1ccc(CN(C)C(=NC)NCCNC(=O)c2scnc2C)cc1. The number of aliphatic imine (C=N–C) groups is 1. The highest BCUT2D eigenvalue weighted by Crippen LogP contribution is 2.13. The van der Waals surface area contributed by atoms with Gasteiger partial charge in [-0.1, -0.05) is 12.1 Å². The third-order valence-corrected chi connectivity index (χ3v) is 4.80. The maximum absolute atomic E-state index is 12.1. The van der Waals surface area contributed by atoms with Gasteiger partial charge >= 0.3 is 0 Å². The van der Waals surface area contributed by atoms with Crippen LogP contribution >= 0.6 is 11.3 Å². The Morgan fingerprint density at radius 3 is 2.56 bits per heavy atom. The average Bonchev–Trinajstić information content (AvgIpc) is 3.09. The van der Waals surface area contributed by atoms with E-state index in [2.05, 4.69) is 20.6 Å². The van der Waals surface area contributed by atoms with Crippen molar-refractivity contribution < 1.29 is 9.53 Å². The van der Waals surface area contributed by atoms with Crippen LogP contribution in [0.15, 0.2) is 34.8 Å². The number of hydrogen-bond acceptors (Lipinski definition) is 5. The van der Waals surface area contributed by atoms with Gasteiger partial charge in [-0.2, -0.15) is 0 Å². The third-order valence-electron chi connectivity index (χ3n) is 3.87. The maximum atomic E-state index is 12.1. The predicted octanol–water partition coefficient (Wildman–Crippen LogP) is 2.29. The summed E-state index contributed by atoms with van der Waals surface area (Å²) in [6, 6.07) is 8.04. The van der Waals surface area contributed by atoms with Crippen molar-refractivity contribution in [1.82, 2.24) is 20.5 Å². The van der Waals surface area contributed by atoms with E-state index in [9.17, 15) is 4.79 Å². The van der Waals surface area contributed by atoms with Crippen molar-refractivity contribution in [2.75, 3.05) is 33.8 Å². The molecule has 0 bridgehead atoms. The number of hydrogen-bond donors (Lipinski definition) is 2. The van der Waals surface area contributed by atoms with Crippen molar-refractivity contribution in [2.45, 2.75) is 20.4 Å². The van der Waals surface area contributed by atoms with E-state index in [0.29, 0.717) is 24.6 Å². The molecule has 0 aliphatic rings. The largest absolute Gasteiger partial charge is 0.494 e. The van der Waals surface area contributed by atoms with Gasteiger partial charge in [0.05, 0.1) is 17.8 Å². The molecular formula is C19H27N5O2S. The highest BCUT2D eigenvalue weighted by Gasteiger charge is 2.11. The fourth-order valence-corrected chi connectivity index (χ4v) is 3.26. The molecule has 1 aromatic heterocycles. The normalized spacial score (nSPS) is 11.2. The Morgan fingerprint density at radius 2 is 1.96 bits per heavy atom. The molecule has 8 heteroatoms. The molecule has 7 nitrogen and oxygen atoms in total. The topological polar surface area (TPSA) is 78.9 Å². The van der Waals surface area contributed by atoms with E-state index < -0.39 is 0 Å². The molecule has 0 saturated heterocycles. The molecule has 1 amide bonds. The molecule has 0 saturated carbocycles. The number of nitrogens with one attached hydrogen (secondary N) is 2. The number of thiazole rings is 1. The number of ether oxygens (including phenoxy) is 1. The second kappa shape index (κ2) is 10.5. The molecular weight excluding hydrogens is 362 g/mol. The van der Waals surface area contributed by atoms with Gasteiger partial charge in [-0.05, 0) is 31.5 Å². The monoisotopic (exact) mass is 389 g/mol. The summed E-state index contributed by atoms with van der Waals surface area (Å²) in [5.74, 6) is 1.56. The number of benzene rings is 1. The first-order chi connectivity index (χ1) is 13.0. The zero-order valence-electron chi connectivity index (χ0n) is 16.3. The minimum Gasteiger partial charge on any atom is -0.494 e. The highest BCUT2D eigenvalue weighted by molar-refractivity contribution is 7.11. The summed E-state index contributed by atoms with van der Waals surface area (Å²) in [6.07, 6.45) is 0. The number of aromatic nitrogens is 1. The van der Waals surface area contributed by atoms with Crippen LogP contribution in [0.3, 0.4) is 0 Å². The van der Waals surface area contributed by atoms with Crippen molar-refractivity contribution in [2.24, 2.45) is 4.99 Å². The van der Waals surface area contributed by atoms with Gasteiger partial charge in [0.2, 0.25) is 0 Å². The minimum absolute atomic E-state index is 0.0884. The molecule has 0 aliphatic heterocycles. The molecule has 0 atom stereocenters. The standard InChI is InChI=1S/C19H27N5O2S/c1-5-26-16-8-6-15(7-9-16)12-24(4)19(20-3)22-11-10-21-18(25)17-14(2)23-13-27-17/h6-9,13H,5,10-12H2,1-4H3,(H,20,22)(H,21,25). The zero-order valence-corrected chi connectivity index (χ0v) is 17.1. The molecule has 2 aromatic rings. The summed E-state index contributed by atoms with van der Waals surface area (Å²) < 4.78 is 5.47. The summed E-state index contributed by atoms with van der Waals surface area (Å²) in [5.41, 5.74) is 3.61. The first kappa shape index (κ1) is 20.7. The molecule has 2 N–H and O–H groups in total. The lowest BCUT2D eigenvalue weighted by molar-refractivity contribution is 0.0957. The Kier molecular flexibility index (Phi) is 8.06. The van der Waals surface area contributed by atoms with Crippen LogP contribution in [0.25, 0.3) is 0 Å². The molecule has 2 rings (SSSR count). The summed E-state index contributed by atoms with van der Waals surface area (Å²) in [6.45, 7) is 6.28. The van der Waals surface area contributed by atoms with Crippen molar-refractivity contribution >= 4 is 23.2 Å². The predicted molar refractivity (Wildman–Crippen MR) is 110 cm³/mol. The number of rotatable bonds is 8. The number of guanidine groups is 1. The summed E-state index contributed by atoms with van der Waals surface area (Å²) in [4.78, 5) is 23.2. The van der Waals surface area contributed by atoms with Gasteiger partial charge in [-0.25, -0.2) is 4.98 Å². The van der Waals surface area contributed by atoms with Gasteiger partial charge in [-0.15, -0.1) is 11.3 Å². The van der Waals surface area contributed by atoms with Gasteiger partial charge in [0.15, 0.2) is 5.96 Å². The Bertz CT molecular complexity index is 758. The number of aryl methyl sites for hydroxylation is 1. The summed E-state index contributed by atoms with van der Waals surface area (Å²) in [7, 11) is 3.72. The summed E-state index contributed by atoms with van der Waals surface area (Å²) in [5, 5.41) is 6.15. The van der Waals surface area contributed by atoms with Crippen LogP contribution < -0.4 is 15.4 Å². The lowest BCUT2D eigenvalue weighted by Gasteiger charge is -2.22. The first-order valence-electron chi connectivity index (χ1n) is 8.87. The van der Waals surface area contributed by atoms with Gasteiger partial charge in [0.1, 0.15) is 10.6 Å². The molecule has 27 heavy (non-hydrogen) atoms. The second-order valence-corrected chi connectivity index (χ2v) is 6.78. The fraction of sp³-hybridized carbons (Fsp3) is 0.421. The lowest BCUT2D eigenvalue weighted by atomic mass is 10.2. The molecule has 146 valence electrons. The van der Waals surface area contributed by atoms with E-state index >= 15 is 0 Å². The van der Waals surface area contributed by atoms with Crippen LogP contribution in [0.2, 0.25) is 0 Å². The molecule has 0 fully saturated rings. The van der Waals surface area contributed by atoms with Crippen molar-refractivity contribution in [3.05, 3.63) is 45.9 Å². The quantitative estimate of drug-likeness (QED) is 0.411. The van der Waals surface area contributed by atoms with Crippen molar-refractivity contribution in [3.63, 3.8) is 0 Å². The zero-order chi connectivity index (χ0) is 19.6. The molecule has 1 heterocycles. The molecule has 0 radical (unpaired) electrons. The van der Waals surface area contributed by atoms with Gasteiger partial charge < -0.3 is 20.3 Å². The summed E-state index contributed by atoms with van der Waals surface area (Å²) >= 11 is 1.35. The number of amides is 1. The number of nitrogens with zero attached hydrogens (tertiary/aromatic N) is 3. The van der Waals surface area contributed by atoms with Crippen LogP contribution in [0.4, 0.5) is 0 Å². The Morgan fingerprint density at radius 1 is 1.26 bits per heavy atom. The van der Waals surface area contributed by atoms with Crippen molar-refractivity contribution in [3.8, 4) is 5.75 Å². The molecule has 0 aliphatic carbocycles. The fourth-order valence-electron chi connectivity index (χ4n) is 2.54. The van der Waals surface area contributed by atoms with Crippen molar-refractivity contribution in [1.29, 1.82) is 0 Å². The Labute approximate surface area is 164 Å². The maximum Gasteiger partial charge on any atom is 0.263 e. The number of carbonyl (C=O) groups is 1. The van der Waals surface area contributed by atoms with E-state index in [4.69, 9.17) is 4.74 Å². The van der Waals surface area contributed by atoms with Crippen LogP contribution in [-0.4, -0.2) is 55.5 Å².